The third-order valence-corrected chi connectivity index (χ3v) is 4.59. The minimum absolute atomic E-state index is 0.00782. The second-order valence-corrected chi connectivity index (χ2v) is 6.07. The van der Waals surface area contributed by atoms with E-state index in [1.807, 2.05) is 13.8 Å². The Kier molecular flexibility index (Phi) is 3.98. The van der Waals surface area contributed by atoms with Crippen LogP contribution in [-0.4, -0.2) is 21.1 Å². The van der Waals surface area contributed by atoms with Crippen LogP contribution in [0.1, 0.15) is 16.0 Å². The van der Waals surface area contributed by atoms with Crippen LogP contribution in [0.25, 0.3) is 10.2 Å². The maximum Gasteiger partial charge on any atom is 0.278 e. The number of hydrazone groups is 1. The van der Waals surface area contributed by atoms with Gasteiger partial charge in [0.2, 0.25) is 0 Å². The molecule has 0 atom stereocenters. The number of rotatable bonds is 4. The van der Waals surface area contributed by atoms with Gasteiger partial charge < -0.3 is 0 Å². The summed E-state index contributed by atoms with van der Waals surface area (Å²) in [5, 5.41) is 16.0. The van der Waals surface area contributed by atoms with E-state index in [0.717, 1.165) is 15.8 Å². The van der Waals surface area contributed by atoms with Gasteiger partial charge in [-0.2, -0.15) is 5.10 Å². The maximum atomic E-state index is 11.0. The zero-order valence-electron chi connectivity index (χ0n) is 12.5. The SMILES string of the molecule is Cc1sc2ncnc(N/N=C/c3ccccc3[N+](=O)[O-])c2c1C. The molecular weight excluding hydrogens is 314 g/mol. The van der Waals surface area contributed by atoms with Gasteiger partial charge in [0.15, 0.2) is 5.82 Å². The Labute approximate surface area is 135 Å². The standard InChI is InChI=1S/C15H13N5O2S/c1-9-10(2)23-15-13(9)14(16-8-17-15)19-18-7-11-5-3-4-6-12(11)20(21)22/h3-8H,1-2H3,(H,16,17,19)/b18-7+. The van der Waals surface area contributed by atoms with Crippen molar-refractivity contribution in [2.75, 3.05) is 5.43 Å². The van der Waals surface area contributed by atoms with E-state index in [2.05, 4.69) is 20.5 Å². The maximum absolute atomic E-state index is 11.0. The van der Waals surface area contributed by atoms with Crippen LogP contribution in [0.3, 0.4) is 0 Å². The molecule has 0 unspecified atom stereocenters. The molecule has 0 bridgehead atoms. The molecule has 0 saturated heterocycles. The minimum atomic E-state index is -0.434. The molecule has 0 spiro atoms. The predicted octanol–water partition coefficient (Wildman–Crippen LogP) is 3.66. The molecule has 116 valence electrons. The van der Waals surface area contributed by atoms with E-state index >= 15 is 0 Å². The highest BCUT2D eigenvalue weighted by atomic mass is 32.1. The fraction of sp³-hybridized carbons (Fsp3) is 0.133. The van der Waals surface area contributed by atoms with Crippen LogP contribution in [0, 0.1) is 24.0 Å². The van der Waals surface area contributed by atoms with Crippen molar-refractivity contribution in [1.82, 2.24) is 9.97 Å². The van der Waals surface area contributed by atoms with Gasteiger partial charge in [0, 0.05) is 10.9 Å². The first-order chi connectivity index (χ1) is 11.1. The summed E-state index contributed by atoms with van der Waals surface area (Å²) in [6.45, 7) is 4.04. The summed E-state index contributed by atoms with van der Waals surface area (Å²) >= 11 is 1.60. The molecule has 0 aliphatic carbocycles. The topological polar surface area (TPSA) is 93.3 Å². The van der Waals surface area contributed by atoms with Crippen molar-refractivity contribution in [2.45, 2.75) is 13.8 Å². The number of hydrogen-bond acceptors (Lipinski definition) is 7. The van der Waals surface area contributed by atoms with Crippen LogP contribution in [0.2, 0.25) is 0 Å². The van der Waals surface area contributed by atoms with Gasteiger partial charge in [-0.3, -0.25) is 15.5 Å². The van der Waals surface area contributed by atoms with Crippen LogP contribution in [-0.2, 0) is 0 Å². The van der Waals surface area contributed by atoms with Crippen molar-refractivity contribution in [2.24, 2.45) is 5.10 Å². The van der Waals surface area contributed by atoms with E-state index in [1.54, 1.807) is 29.5 Å². The van der Waals surface area contributed by atoms with Gasteiger partial charge in [0.25, 0.3) is 5.69 Å². The fourth-order valence-corrected chi connectivity index (χ4v) is 3.19. The lowest BCUT2D eigenvalue weighted by Crippen LogP contribution is -1.98. The molecule has 23 heavy (non-hydrogen) atoms. The Morgan fingerprint density at radius 2 is 2.09 bits per heavy atom. The average molecular weight is 327 g/mol. The van der Waals surface area contributed by atoms with Crippen molar-refractivity contribution < 1.29 is 4.92 Å². The van der Waals surface area contributed by atoms with Gasteiger partial charge in [-0.1, -0.05) is 12.1 Å². The number of thiophene rings is 1. The van der Waals surface area contributed by atoms with Gasteiger partial charge in [-0.15, -0.1) is 11.3 Å². The zero-order valence-corrected chi connectivity index (χ0v) is 13.3. The molecule has 2 heterocycles. The third kappa shape index (κ3) is 2.88. The molecule has 3 rings (SSSR count). The lowest BCUT2D eigenvalue weighted by atomic mass is 10.2. The van der Waals surface area contributed by atoms with E-state index in [0.29, 0.717) is 11.4 Å². The zero-order chi connectivity index (χ0) is 16.4. The van der Waals surface area contributed by atoms with Crippen LogP contribution in [0.5, 0.6) is 0 Å². The highest BCUT2D eigenvalue weighted by molar-refractivity contribution is 7.18. The molecule has 2 aromatic heterocycles. The van der Waals surface area contributed by atoms with E-state index in [-0.39, 0.29) is 5.69 Å². The molecule has 0 aliphatic rings. The largest absolute Gasteiger partial charge is 0.278 e. The van der Waals surface area contributed by atoms with Crippen molar-refractivity contribution in [1.29, 1.82) is 0 Å². The highest BCUT2D eigenvalue weighted by Gasteiger charge is 2.12. The summed E-state index contributed by atoms with van der Waals surface area (Å²) in [6, 6.07) is 6.42. The lowest BCUT2D eigenvalue weighted by Gasteiger charge is -2.02. The average Bonchev–Trinajstić information content (AvgIpc) is 2.83. The molecular formula is C15H13N5O2S. The summed E-state index contributed by atoms with van der Waals surface area (Å²) in [7, 11) is 0. The number of aromatic nitrogens is 2. The van der Waals surface area contributed by atoms with E-state index in [9.17, 15) is 10.1 Å². The second kappa shape index (κ2) is 6.09. The number of nitro groups is 1. The van der Waals surface area contributed by atoms with Gasteiger partial charge in [0.1, 0.15) is 11.2 Å². The number of aryl methyl sites for hydroxylation is 2. The first-order valence-electron chi connectivity index (χ1n) is 6.81. The molecule has 7 nitrogen and oxygen atoms in total. The minimum Gasteiger partial charge on any atom is -0.261 e. The molecule has 8 heteroatoms. The van der Waals surface area contributed by atoms with Crippen molar-refractivity contribution in [3.05, 3.63) is 56.7 Å². The van der Waals surface area contributed by atoms with Crippen molar-refractivity contribution in [3.8, 4) is 0 Å². The van der Waals surface area contributed by atoms with Gasteiger partial charge in [0.05, 0.1) is 22.1 Å². The van der Waals surface area contributed by atoms with Gasteiger partial charge >= 0.3 is 0 Å². The van der Waals surface area contributed by atoms with E-state index < -0.39 is 4.92 Å². The van der Waals surface area contributed by atoms with Crippen molar-refractivity contribution in [3.63, 3.8) is 0 Å². The summed E-state index contributed by atoms with van der Waals surface area (Å²) < 4.78 is 0. The number of benzene rings is 1. The molecule has 1 aromatic carbocycles. The van der Waals surface area contributed by atoms with Crippen LogP contribution in [0.4, 0.5) is 11.5 Å². The Bertz CT molecular complexity index is 919. The second-order valence-electron chi connectivity index (χ2n) is 4.87. The van der Waals surface area contributed by atoms with Gasteiger partial charge in [-0.25, -0.2) is 9.97 Å². The fourth-order valence-electron chi connectivity index (χ4n) is 2.19. The lowest BCUT2D eigenvalue weighted by molar-refractivity contribution is -0.385. The number of nitrogens with one attached hydrogen (secondary N) is 1. The highest BCUT2D eigenvalue weighted by Crippen LogP contribution is 2.32. The molecule has 3 aromatic rings. The quantitative estimate of drug-likeness (QED) is 0.448. The van der Waals surface area contributed by atoms with Crippen LogP contribution in [0.15, 0.2) is 35.7 Å². The number of nitro benzene ring substituents is 1. The van der Waals surface area contributed by atoms with Crippen LogP contribution < -0.4 is 5.43 Å². The van der Waals surface area contributed by atoms with E-state index in [1.165, 1.54) is 23.5 Å². The monoisotopic (exact) mass is 327 g/mol. The number of anilines is 1. The Morgan fingerprint density at radius 3 is 2.87 bits per heavy atom. The first-order valence-corrected chi connectivity index (χ1v) is 7.62. The smallest absolute Gasteiger partial charge is 0.261 e. The Balaban J connectivity index is 1.91. The number of fused-ring (bicyclic) bond motifs is 1. The number of para-hydroxylation sites is 1. The molecule has 0 radical (unpaired) electrons. The number of nitrogens with zero attached hydrogens (tertiary/aromatic N) is 4. The van der Waals surface area contributed by atoms with Gasteiger partial charge in [-0.05, 0) is 25.5 Å². The summed E-state index contributed by atoms with van der Waals surface area (Å²) in [5.74, 6) is 0.590. The summed E-state index contributed by atoms with van der Waals surface area (Å²) in [5.41, 5.74) is 4.40. The molecule has 0 saturated carbocycles. The Hall–Kier alpha value is -2.87. The normalized spacial score (nSPS) is 11.2. The van der Waals surface area contributed by atoms with Crippen LogP contribution >= 0.6 is 11.3 Å². The molecule has 0 fully saturated rings. The first kappa shape index (κ1) is 15.0. The molecule has 1 N–H and O–H groups in total. The van der Waals surface area contributed by atoms with E-state index in [4.69, 9.17) is 0 Å². The van der Waals surface area contributed by atoms with Crippen molar-refractivity contribution >= 4 is 39.3 Å². The molecule has 0 aliphatic heterocycles. The molecule has 0 amide bonds. The Morgan fingerprint density at radius 1 is 1.30 bits per heavy atom. The summed E-state index contributed by atoms with van der Waals surface area (Å²) in [4.78, 5) is 21.1. The predicted molar refractivity (Wildman–Crippen MR) is 91.2 cm³/mol. The third-order valence-electron chi connectivity index (χ3n) is 3.47. The summed E-state index contributed by atoms with van der Waals surface area (Å²) in [6.07, 6.45) is 2.89. The number of hydrogen-bond donors (Lipinski definition) is 1.